The number of ether oxygens (including phenoxy) is 3. The van der Waals surface area contributed by atoms with E-state index >= 15 is 0 Å². The predicted octanol–water partition coefficient (Wildman–Crippen LogP) is 21.1. The van der Waals surface area contributed by atoms with Crippen molar-refractivity contribution in [2.45, 2.75) is 59.8 Å². The average Bonchev–Trinajstić information content (AvgIpc) is 2.29. The Labute approximate surface area is 463 Å². The van der Waals surface area contributed by atoms with Crippen LogP contribution in [0.1, 0.15) is 58.9 Å². The van der Waals surface area contributed by atoms with Gasteiger partial charge in [0.25, 0.3) is 0 Å². The molecular weight excluding hydrogens is 965 g/mol. The van der Waals surface area contributed by atoms with Crippen molar-refractivity contribution in [1.82, 2.24) is 0 Å². The third kappa shape index (κ3) is 8.75. The minimum Gasteiger partial charge on any atom is -0.494 e. The maximum Gasteiger partial charge on any atom is 0.119 e. The molecule has 0 radical (unpaired) electrons. The zero-order valence-electron chi connectivity index (χ0n) is 45.6. The van der Waals surface area contributed by atoms with Crippen LogP contribution in [0.3, 0.4) is 0 Å². The Morgan fingerprint density at radius 1 is 0.278 bits per heavy atom. The lowest BCUT2D eigenvalue weighted by molar-refractivity contribution is 0.317. The normalized spacial score (nSPS) is 11.7. The fraction of sp³-hybridized carbons (Fsp3) is 0.162. The number of anilines is 6. The molecular formula is C74H64N2O3. The van der Waals surface area contributed by atoms with Crippen LogP contribution in [0, 0.1) is 0 Å². The van der Waals surface area contributed by atoms with Gasteiger partial charge in [-0.15, -0.1) is 0 Å². The van der Waals surface area contributed by atoms with E-state index in [9.17, 15) is 0 Å². The Hall–Kier alpha value is -9.06. The fourth-order valence-electron chi connectivity index (χ4n) is 12.3. The minimum absolute atomic E-state index is 0.677. The Bertz CT molecular complexity index is 4080. The molecule has 79 heavy (non-hydrogen) atoms. The third-order valence-corrected chi connectivity index (χ3v) is 15.7. The van der Waals surface area contributed by atoms with E-state index in [0.717, 1.165) is 83.5 Å². The van der Waals surface area contributed by atoms with E-state index in [1.807, 2.05) is 0 Å². The molecule has 0 amide bonds. The SMILES string of the molecule is CCCOc1ccc(N(c2ccc(CCC)cc2)c2ccc3c4c(-c5ccccc5)c5c6ccc(N(c7ccc(OCCC)cc7)c7ccc(OCCC)cc7)c7cccc(c5c(-c5ccccc5)c4c4cccc2c43)c76)cc1. The number of fused-ring (bicyclic) bond motifs is 6. The van der Waals surface area contributed by atoms with Crippen LogP contribution >= 0.6 is 0 Å². The molecule has 0 aromatic heterocycles. The molecule has 0 aliphatic rings. The van der Waals surface area contributed by atoms with Gasteiger partial charge in [-0.2, -0.15) is 0 Å². The number of benzene rings is 11. The van der Waals surface area contributed by atoms with E-state index in [1.165, 1.54) is 92.5 Å². The van der Waals surface area contributed by atoms with Gasteiger partial charge < -0.3 is 24.0 Å². The lowest BCUT2D eigenvalue weighted by atomic mass is 9.87. The largest absolute Gasteiger partial charge is 0.494 e. The van der Waals surface area contributed by atoms with Gasteiger partial charge in [0.1, 0.15) is 17.2 Å². The summed E-state index contributed by atoms with van der Waals surface area (Å²) in [4.78, 5) is 4.82. The van der Waals surface area contributed by atoms with Crippen molar-refractivity contribution in [1.29, 1.82) is 0 Å². The maximum atomic E-state index is 6.11. The number of rotatable bonds is 19. The van der Waals surface area contributed by atoms with Crippen LogP contribution in [0.5, 0.6) is 17.2 Å². The highest BCUT2D eigenvalue weighted by atomic mass is 16.5. The molecule has 0 aliphatic heterocycles. The second kappa shape index (κ2) is 21.4. The van der Waals surface area contributed by atoms with Gasteiger partial charge in [0.15, 0.2) is 0 Å². The summed E-state index contributed by atoms with van der Waals surface area (Å²) in [6.45, 7) is 10.7. The molecule has 0 N–H and O–H groups in total. The molecule has 13 rings (SSSR count). The number of aryl methyl sites for hydroxylation is 1. The van der Waals surface area contributed by atoms with Crippen LogP contribution in [-0.4, -0.2) is 19.8 Å². The van der Waals surface area contributed by atoms with E-state index in [-0.39, 0.29) is 0 Å². The van der Waals surface area contributed by atoms with E-state index in [1.54, 1.807) is 0 Å². The Kier molecular flexibility index (Phi) is 13.4. The van der Waals surface area contributed by atoms with Gasteiger partial charge in [-0.3, -0.25) is 0 Å². The highest BCUT2D eigenvalue weighted by Gasteiger charge is 2.30. The zero-order chi connectivity index (χ0) is 53.4. The molecule has 0 saturated heterocycles. The zero-order valence-corrected chi connectivity index (χ0v) is 45.6. The summed E-state index contributed by atoms with van der Waals surface area (Å²) in [5.74, 6) is 2.61. The monoisotopic (exact) mass is 1030 g/mol. The van der Waals surface area contributed by atoms with Crippen molar-refractivity contribution in [3.63, 3.8) is 0 Å². The van der Waals surface area contributed by atoms with Crippen LogP contribution in [-0.2, 0) is 6.42 Å². The van der Waals surface area contributed by atoms with Gasteiger partial charge in [0.05, 0.1) is 31.2 Å². The molecule has 13 aromatic rings. The van der Waals surface area contributed by atoms with Crippen molar-refractivity contribution < 1.29 is 14.2 Å². The first-order valence-corrected chi connectivity index (χ1v) is 28.4. The quantitative estimate of drug-likeness (QED) is 0.0806. The van der Waals surface area contributed by atoms with Crippen LogP contribution < -0.4 is 24.0 Å². The number of hydrogen-bond donors (Lipinski definition) is 0. The summed E-state index contributed by atoms with van der Waals surface area (Å²) in [5, 5.41) is 15.0. The average molecular weight is 1030 g/mol. The first kappa shape index (κ1) is 49.5. The second-order valence-electron chi connectivity index (χ2n) is 20.8. The molecule has 0 aliphatic carbocycles. The molecule has 388 valence electrons. The highest BCUT2D eigenvalue weighted by molar-refractivity contribution is 6.47. The molecule has 5 heteroatoms. The van der Waals surface area contributed by atoms with Crippen molar-refractivity contribution in [2.75, 3.05) is 29.6 Å². The lowest BCUT2D eigenvalue weighted by Gasteiger charge is -2.27. The molecule has 0 bridgehead atoms. The maximum absolute atomic E-state index is 6.11. The Morgan fingerprint density at radius 2 is 0.608 bits per heavy atom. The van der Waals surface area contributed by atoms with Gasteiger partial charge >= 0.3 is 0 Å². The minimum atomic E-state index is 0.677. The van der Waals surface area contributed by atoms with Crippen molar-refractivity contribution in [3.05, 3.63) is 224 Å². The van der Waals surface area contributed by atoms with Gasteiger partial charge in [0.2, 0.25) is 0 Å². The van der Waals surface area contributed by atoms with Crippen LogP contribution in [0.25, 0.3) is 86.9 Å². The summed E-state index contributed by atoms with van der Waals surface area (Å²) in [5.41, 5.74) is 12.8. The standard InChI is InChI=1S/C74H64N2O3/c1-5-17-49-26-28-52(29-27-49)75(53-30-36-56(37-31-53)77-46-6-2)65-44-42-63-69-59(65)22-15-24-61(69)71-67(50-18-11-9-12-19-50)72-62-25-16-23-60-66(45-43-64(70(60)62)74(72)68(73(63)71)51-20-13-10-14-21-51)76(54-32-38-57(39-33-54)78-47-7-3)55-34-40-58(41-35-55)79-48-8-4/h9-16,18-45H,5-8,17,46-48H2,1-4H3. The fourth-order valence-corrected chi connectivity index (χ4v) is 12.3. The van der Waals surface area contributed by atoms with Gasteiger partial charge in [-0.1, -0.05) is 155 Å². The third-order valence-electron chi connectivity index (χ3n) is 15.7. The molecule has 0 heterocycles. The summed E-state index contributed by atoms with van der Waals surface area (Å²) in [6, 6.07) is 80.6. The van der Waals surface area contributed by atoms with E-state index in [4.69, 9.17) is 14.2 Å². The van der Waals surface area contributed by atoms with Crippen molar-refractivity contribution >= 4 is 98.8 Å². The first-order valence-electron chi connectivity index (χ1n) is 28.4. The number of hydrogen-bond acceptors (Lipinski definition) is 5. The van der Waals surface area contributed by atoms with Crippen LogP contribution in [0.15, 0.2) is 218 Å². The topological polar surface area (TPSA) is 34.2 Å². The lowest BCUT2D eigenvalue weighted by Crippen LogP contribution is -2.10. The Morgan fingerprint density at radius 3 is 0.949 bits per heavy atom. The first-order chi connectivity index (χ1) is 39.1. The second-order valence-corrected chi connectivity index (χ2v) is 20.8. The molecule has 0 atom stereocenters. The number of nitrogens with zero attached hydrogens (tertiary/aromatic N) is 2. The molecule has 0 spiro atoms. The van der Waals surface area contributed by atoms with Gasteiger partial charge in [-0.25, -0.2) is 0 Å². The van der Waals surface area contributed by atoms with E-state index < -0.39 is 0 Å². The summed E-state index contributed by atoms with van der Waals surface area (Å²) < 4.78 is 18.3. The molecule has 0 fully saturated rings. The van der Waals surface area contributed by atoms with Crippen LogP contribution in [0.4, 0.5) is 34.1 Å². The summed E-state index contributed by atoms with van der Waals surface area (Å²) in [7, 11) is 0. The van der Waals surface area contributed by atoms with Gasteiger partial charge in [-0.05, 0) is 204 Å². The summed E-state index contributed by atoms with van der Waals surface area (Å²) in [6.07, 6.45) is 5.01. The van der Waals surface area contributed by atoms with Crippen LogP contribution in [0.2, 0.25) is 0 Å². The highest BCUT2D eigenvalue weighted by Crippen LogP contribution is 2.58. The molecule has 0 unspecified atom stereocenters. The van der Waals surface area contributed by atoms with Gasteiger partial charge in [0, 0.05) is 33.5 Å². The van der Waals surface area contributed by atoms with E-state index in [0.29, 0.717) is 19.8 Å². The molecule has 0 saturated carbocycles. The molecule has 5 nitrogen and oxygen atoms in total. The summed E-state index contributed by atoms with van der Waals surface area (Å²) >= 11 is 0. The van der Waals surface area contributed by atoms with Crippen molar-refractivity contribution in [3.8, 4) is 39.5 Å². The Balaban J connectivity index is 1.11. The smallest absolute Gasteiger partial charge is 0.119 e. The van der Waals surface area contributed by atoms with Crippen molar-refractivity contribution in [2.24, 2.45) is 0 Å². The predicted molar refractivity (Wildman–Crippen MR) is 335 cm³/mol. The van der Waals surface area contributed by atoms with E-state index in [2.05, 4.69) is 256 Å². The molecule has 13 aromatic carbocycles.